The summed E-state index contributed by atoms with van der Waals surface area (Å²) in [6.45, 7) is 0.756. The molecule has 5 heteroatoms. The van der Waals surface area contributed by atoms with Gasteiger partial charge in [-0.05, 0) is 24.5 Å². The van der Waals surface area contributed by atoms with E-state index in [9.17, 15) is 9.59 Å². The van der Waals surface area contributed by atoms with Crippen molar-refractivity contribution in [3.05, 3.63) is 24.0 Å². The molecule has 20 heavy (non-hydrogen) atoms. The lowest BCUT2D eigenvalue weighted by atomic mass is 9.87. The summed E-state index contributed by atoms with van der Waals surface area (Å²) >= 11 is 0. The van der Waals surface area contributed by atoms with E-state index < -0.39 is 5.97 Å². The van der Waals surface area contributed by atoms with E-state index in [-0.39, 0.29) is 18.1 Å². The number of rotatable bonds is 6. The average molecular weight is 278 g/mol. The third kappa shape index (κ3) is 4.11. The number of nitrogens with one attached hydrogen (secondary N) is 1. The van der Waals surface area contributed by atoms with E-state index in [1.807, 2.05) is 0 Å². The van der Waals surface area contributed by atoms with Gasteiger partial charge in [-0.3, -0.25) is 4.79 Å². The molecule has 0 saturated heterocycles. The third-order valence-corrected chi connectivity index (χ3v) is 3.96. The van der Waals surface area contributed by atoms with Gasteiger partial charge in [-0.2, -0.15) is 0 Å². The van der Waals surface area contributed by atoms with Gasteiger partial charge in [0.1, 0.15) is 12.2 Å². The maximum atomic E-state index is 11.8. The van der Waals surface area contributed by atoms with Crippen LogP contribution < -0.4 is 5.32 Å². The molecule has 110 valence electrons. The van der Waals surface area contributed by atoms with Crippen LogP contribution in [0.3, 0.4) is 0 Å². The molecule has 0 radical (unpaired) electrons. The summed E-state index contributed by atoms with van der Waals surface area (Å²) in [5.74, 6) is -0.394. The molecule has 1 aliphatic rings. The number of hydrogen-bond acceptors (Lipinski definition) is 2. The second-order valence-corrected chi connectivity index (χ2v) is 5.47. The van der Waals surface area contributed by atoms with Crippen LogP contribution in [0.15, 0.2) is 18.3 Å². The maximum absolute atomic E-state index is 11.8. The Morgan fingerprint density at radius 1 is 1.30 bits per heavy atom. The van der Waals surface area contributed by atoms with Gasteiger partial charge in [-0.15, -0.1) is 0 Å². The molecule has 1 aliphatic carbocycles. The van der Waals surface area contributed by atoms with Crippen molar-refractivity contribution in [3.63, 3.8) is 0 Å². The van der Waals surface area contributed by atoms with E-state index in [0.717, 1.165) is 12.3 Å². The highest BCUT2D eigenvalue weighted by Crippen LogP contribution is 2.25. The predicted molar refractivity (Wildman–Crippen MR) is 75.6 cm³/mol. The minimum absolute atomic E-state index is 0.0687. The van der Waals surface area contributed by atoms with Crippen molar-refractivity contribution in [1.29, 1.82) is 0 Å². The van der Waals surface area contributed by atoms with Crippen molar-refractivity contribution < 1.29 is 14.7 Å². The van der Waals surface area contributed by atoms with Gasteiger partial charge in [-0.25, -0.2) is 4.79 Å². The number of carbonyl (C=O) groups is 2. The van der Waals surface area contributed by atoms with Gasteiger partial charge in [0.05, 0.1) is 0 Å². The van der Waals surface area contributed by atoms with Gasteiger partial charge >= 0.3 is 5.97 Å². The number of amides is 1. The van der Waals surface area contributed by atoms with Crippen molar-refractivity contribution in [2.24, 2.45) is 5.92 Å². The highest BCUT2D eigenvalue weighted by Gasteiger charge is 2.14. The van der Waals surface area contributed by atoms with Gasteiger partial charge in [0.25, 0.3) is 0 Å². The Hall–Kier alpha value is -1.78. The van der Waals surface area contributed by atoms with Crippen molar-refractivity contribution >= 4 is 11.9 Å². The Labute approximate surface area is 119 Å². The molecule has 0 aliphatic heterocycles. The lowest BCUT2D eigenvalue weighted by molar-refractivity contribution is -0.121. The average Bonchev–Trinajstić information content (AvgIpc) is 2.88. The Bertz CT molecular complexity index is 461. The largest absolute Gasteiger partial charge is 0.477 e. The molecule has 1 fully saturated rings. The van der Waals surface area contributed by atoms with Gasteiger partial charge < -0.3 is 15.0 Å². The topological polar surface area (TPSA) is 71.3 Å². The minimum atomic E-state index is -1.01. The quantitative estimate of drug-likeness (QED) is 0.838. The highest BCUT2D eigenvalue weighted by molar-refractivity contribution is 5.86. The molecule has 0 atom stereocenters. The molecular formula is C15H22N2O3. The molecule has 1 heterocycles. The minimum Gasteiger partial charge on any atom is -0.477 e. The smallest absolute Gasteiger partial charge is 0.352 e. The SMILES string of the molecule is O=C(Cn1cccc1C(=O)O)NCCC1CCCCC1. The summed E-state index contributed by atoms with van der Waals surface area (Å²) in [4.78, 5) is 22.7. The summed E-state index contributed by atoms with van der Waals surface area (Å²) in [6, 6.07) is 3.14. The lowest BCUT2D eigenvalue weighted by Gasteiger charge is -2.21. The van der Waals surface area contributed by atoms with Crippen LogP contribution in [0, 0.1) is 5.92 Å². The molecule has 0 bridgehead atoms. The number of carbonyl (C=O) groups excluding carboxylic acids is 1. The van der Waals surface area contributed by atoms with E-state index in [0.29, 0.717) is 6.54 Å². The fraction of sp³-hybridized carbons (Fsp3) is 0.600. The van der Waals surface area contributed by atoms with Crippen LogP contribution in [-0.4, -0.2) is 28.1 Å². The Morgan fingerprint density at radius 3 is 2.75 bits per heavy atom. The number of aromatic carboxylic acids is 1. The summed E-state index contributed by atoms with van der Waals surface area (Å²) in [6.07, 6.45) is 9.16. The molecule has 0 spiro atoms. The number of aromatic nitrogens is 1. The summed E-state index contributed by atoms with van der Waals surface area (Å²) < 4.78 is 1.46. The van der Waals surface area contributed by atoms with E-state index >= 15 is 0 Å². The van der Waals surface area contributed by atoms with Gasteiger partial charge in [-0.1, -0.05) is 32.1 Å². The summed E-state index contributed by atoms with van der Waals surface area (Å²) in [5.41, 5.74) is 0.146. The van der Waals surface area contributed by atoms with Crippen molar-refractivity contribution in [2.45, 2.75) is 45.1 Å². The zero-order chi connectivity index (χ0) is 14.4. The van der Waals surface area contributed by atoms with Gasteiger partial charge in [0.2, 0.25) is 5.91 Å². The maximum Gasteiger partial charge on any atom is 0.352 e. The van der Waals surface area contributed by atoms with E-state index in [4.69, 9.17) is 5.11 Å². The molecule has 1 aromatic heterocycles. The molecular weight excluding hydrogens is 256 g/mol. The summed E-state index contributed by atoms with van der Waals surface area (Å²) in [7, 11) is 0. The first kappa shape index (κ1) is 14.6. The van der Waals surface area contributed by atoms with Crippen LogP contribution in [0.4, 0.5) is 0 Å². The first-order chi connectivity index (χ1) is 9.66. The molecule has 0 aromatic carbocycles. The Morgan fingerprint density at radius 2 is 2.05 bits per heavy atom. The summed E-state index contributed by atoms with van der Waals surface area (Å²) in [5, 5.41) is 11.8. The molecule has 1 amide bonds. The highest BCUT2D eigenvalue weighted by atomic mass is 16.4. The normalized spacial score (nSPS) is 16.0. The Kier molecular flexibility index (Phi) is 5.21. The van der Waals surface area contributed by atoms with E-state index in [2.05, 4.69) is 5.32 Å². The number of hydrogen-bond donors (Lipinski definition) is 2. The second kappa shape index (κ2) is 7.12. The lowest BCUT2D eigenvalue weighted by Crippen LogP contribution is -2.30. The van der Waals surface area contributed by atoms with E-state index in [1.54, 1.807) is 12.3 Å². The van der Waals surface area contributed by atoms with Crippen LogP contribution in [0.5, 0.6) is 0 Å². The fourth-order valence-corrected chi connectivity index (χ4v) is 2.85. The third-order valence-electron chi connectivity index (χ3n) is 3.96. The molecule has 2 N–H and O–H groups in total. The number of nitrogens with zero attached hydrogens (tertiary/aromatic N) is 1. The van der Waals surface area contributed by atoms with Crippen molar-refractivity contribution in [2.75, 3.05) is 6.54 Å². The van der Waals surface area contributed by atoms with Crippen molar-refractivity contribution in [1.82, 2.24) is 9.88 Å². The fourth-order valence-electron chi connectivity index (χ4n) is 2.85. The van der Waals surface area contributed by atoms with Crippen LogP contribution in [0.1, 0.15) is 49.0 Å². The van der Waals surface area contributed by atoms with Gasteiger partial charge in [0.15, 0.2) is 0 Å². The van der Waals surface area contributed by atoms with Gasteiger partial charge in [0, 0.05) is 12.7 Å². The van der Waals surface area contributed by atoms with Crippen LogP contribution in [-0.2, 0) is 11.3 Å². The Balaban J connectivity index is 1.72. The standard InChI is InChI=1S/C15H22N2O3/c18-14(11-17-10-4-7-13(17)15(19)20)16-9-8-12-5-2-1-3-6-12/h4,7,10,12H,1-3,5-6,8-9,11H2,(H,16,18)(H,19,20). The van der Waals surface area contributed by atoms with E-state index in [1.165, 1.54) is 42.7 Å². The molecule has 5 nitrogen and oxygen atoms in total. The molecule has 2 rings (SSSR count). The van der Waals surface area contributed by atoms with Crippen LogP contribution in [0.25, 0.3) is 0 Å². The number of carboxylic acid groups (broad SMARTS) is 1. The molecule has 1 aromatic rings. The molecule has 1 saturated carbocycles. The van der Waals surface area contributed by atoms with Crippen LogP contribution in [0.2, 0.25) is 0 Å². The second-order valence-electron chi connectivity index (χ2n) is 5.47. The first-order valence-electron chi connectivity index (χ1n) is 7.32. The predicted octanol–water partition coefficient (Wildman–Crippen LogP) is 2.27. The molecule has 0 unspecified atom stereocenters. The zero-order valence-corrected chi connectivity index (χ0v) is 11.7. The zero-order valence-electron chi connectivity index (χ0n) is 11.7. The van der Waals surface area contributed by atoms with Crippen LogP contribution >= 0.6 is 0 Å². The van der Waals surface area contributed by atoms with Crippen molar-refractivity contribution in [3.8, 4) is 0 Å². The first-order valence-corrected chi connectivity index (χ1v) is 7.32. The number of carboxylic acids is 1. The monoisotopic (exact) mass is 278 g/mol.